The van der Waals surface area contributed by atoms with Crippen LogP contribution in [-0.4, -0.2) is 20.7 Å². The van der Waals surface area contributed by atoms with Crippen molar-refractivity contribution in [1.82, 2.24) is 4.57 Å². The van der Waals surface area contributed by atoms with Gasteiger partial charge >= 0.3 is 5.97 Å². The van der Waals surface area contributed by atoms with Gasteiger partial charge in [-0.3, -0.25) is 0 Å². The number of aromatic nitrogens is 1. The zero-order valence-corrected chi connectivity index (χ0v) is 10.3. The van der Waals surface area contributed by atoms with Gasteiger partial charge in [0.15, 0.2) is 0 Å². The minimum atomic E-state index is -0.947. The molecule has 0 spiro atoms. The van der Waals surface area contributed by atoms with Crippen LogP contribution in [0.1, 0.15) is 30.4 Å². The van der Waals surface area contributed by atoms with Crippen LogP contribution in [0.3, 0.4) is 0 Å². The normalized spacial score (nSPS) is 10.8. The molecule has 0 aliphatic carbocycles. The molecular formula is C14H15NO3. The molecule has 0 saturated heterocycles. The Morgan fingerprint density at radius 2 is 1.78 bits per heavy atom. The van der Waals surface area contributed by atoms with Crippen LogP contribution in [0.15, 0.2) is 36.5 Å². The maximum atomic E-state index is 11.4. The molecule has 94 valence electrons. The molecule has 0 aliphatic heterocycles. The van der Waals surface area contributed by atoms with E-state index in [1.165, 1.54) is 0 Å². The van der Waals surface area contributed by atoms with Gasteiger partial charge in [-0.25, -0.2) is 4.79 Å². The van der Waals surface area contributed by atoms with Gasteiger partial charge < -0.3 is 14.8 Å². The molecule has 2 aromatic rings. The van der Waals surface area contributed by atoms with Gasteiger partial charge in [0, 0.05) is 17.8 Å². The fraction of sp³-hybridized carbons (Fsp3) is 0.214. The number of carboxylic acid groups (broad SMARTS) is 1. The molecule has 0 unspecified atom stereocenters. The lowest BCUT2D eigenvalue weighted by Gasteiger charge is -2.11. The number of hydrogen-bond donors (Lipinski definition) is 2. The quantitative estimate of drug-likeness (QED) is 0.873. The van der Waals surface area contributed by atoms with E-state index >= 15 is 0 Å². The second kappa shape index (κ2) is 4.56. The number of benzene rings is 1. The van der Waals surface area contributed by atoms with Gasteiger partial charge in [-0.1, -0.05) is 12.1 Å². The molecule has 1 aromatic heterocycles. The third kappa shape index (κ3) is 2.09. The summed E-state index contributed by atoms with van der Waals surface area (Å²) in [7, 11) is 0. The van der Waals surface area contributed by atoms with E-state index in [0.717, 1.165) is 5.56 Å². The minimum absolute atomic E-state index is 0.0852. The first kappa shape index (κ1) is 12.2. The van der Waals surface area contributed by atoms with Crippen molar-refractivity contribution in [3.05, 3.63) is 42.2 Å². The minimum Gasteiger partial charge on any atom is -0.508 e. The van der Waals surface area contributed by atoms with E-state index in [1.807, 2.05) is 13.8 Å². The molecule has 1 aromatic carbocycles. The summed E-state index contributed by atoms with van der Waals surface area (Å²) in [5, 5.41) is 18.6. The first-order valence-corrected chi connectivity index (χ1v) is 5.74. The van der Waals surface area contributed by atoms with E-state index in [-0.39, 0.29) is 17.5 Å². The molecule has 2 N–H and O–H groups in total. The van der Waals surface area contributed by atoms with Gasteiger partial charge in [-0.05, 0) is 37.6 Å². The molecule has 18 heavy (non-hydrogen) atoms. The first-order chi connectivity index (χ1) is 8.50. The monoisotopic (exact) mass is 245 g/mol. The maximum Gasteiger partial charge on any atom is 0.353 e. The Labute approximate surface area is 105 Å². The molecule has 2 rings (SSSR count). The van der Waals surface area contributed by atoms with Crippen LogP contribution in [0.5, 0.6) is 5.75 Å². The number of nitrogens with zero attached hydrogens (tertiary/aromatic N) is 1. The predicted octanol–water partition coefficient (Wildman–Crippen LogP) is 3.14. The lowest BCUT2D eigenvalue weighted by molar-refractivity contribution is 0.0684. The SMILES string of the molecule is CC(C)n1ccc(-c2ccc(O)cc2)c1C(=O)O. The topological polar surface area (TPSA) is 62.5 Å². The van der Waals surface area contributed by atoms with Crippen LogP contribution >= 0.6 is 0 Å². The Bertz CT molecular complexity index is 567. The number of carbonyl (C=O) groups is 1. The fourth-order valence-corrected chi connectivity index (χ4v) is 1.98. The summed E-state index contributed by atoms with van der Waals surface area (Å²) in [5.41, 5.74) is 1.72. The van der Waals surface area contributed by atoms with E-state index < -0.39 is 5.97 Å². The maximum absolute atomic E-state index is 11.4. The predicted molar refractivity (Wildman–Crippen MR) is 68.9 cm³/mol. The Morgan fingerprint density at radius 1 is 1.17 bits per heavy atom. The van der Waals surface area contributed by atoms with Gasteiger partial charge in [0.1, 0.15) is 11.4 Å². The third-order valence-corrected chi connectivity index (χ3v) is 2.85. The second-order valence-electron chi connectivity index (χ2n) is 4.43. The van der Waals surface area contributed by atoms with E-state index in [0.29, 0.717) is 5.56 Å². The van der Waals surface area contributed by atoms with E-state index in [2.05, 4.69) is 0 Å². The van der Waals surface area contributed by atoms with Gasteiger partial charge in [-0.15, -0.1) is 0 Å². The van der Waals surface area contributed by atoms with Gasteiger partial charge in [-0.2, -0.15) is 0 Å². The van der Waals surface area contributed by atoms with Crippen molar-refractivity contribution >= 4 is 5.97 Å². The smallest absolute Gasteiger partial charge is 0.353 e. The van der Waals surface area contributed by atoms with Gasteiger partial charge in [0.2, 0.25) is 0 Å². The highest BCUT2D eigenvalue weighted by atomic mass is 16.4. The summed E-state index contributed by atoms with van der Waals surface area (Å²) in [5.74, 6) is -0.782. The van der Waals surface area contributed by atoms with Crippen LogP contribution in [-0.2, 0) is 0 Å². The molecule has 0 amide bonds. The van der Waals surface area contributed by atoms with Crippen LogP contribution in [0, 0.1) is 0 Å². The number of phenolic OH excluding ortho intramolecular Hbond substituents is 1. The summed E-state index contributed by atoms with van der Waals surface area (Å²) in [6.45, 7) is 3.88. The van der Waals surface area contributed by atoms with Crippen molar-refractivity contribution in [3.63, 3.8) is 0 Å². The zero-order valence-electron chi connectivity index (χ0n) is 10.3. The van der Waals surface area contributed by atoms with Gasteiger partial charge in [0.05, 0.1) is 0 Å². The Hall–Kier alpha value is -2.23. The molecular weight excluding hydrogens is 230 g/mol. The molecule has 0 aliphatic rings. The van der Waals surface area contributed by atoms with Crippen molar-refractivity contribution in [2.75, 3.05) is 0 Å². The molecule has 0 bridgehead atoms. The summed E-state index contributed by atoms with van der Waals surface area (Å²) in [6, 6.07) is 8.39. The van der Waals surface area contributed by atoms with Crippen molar-refractivity contribution in [2.45, 2.75) is 19.9 Å². The molecule has 0 fully saturated rings. The lowest BCUT2D eigenvalue weighted by atomic mass is 10.1. The number of phenols is 1. The zero-order chi connectivity index (χ0) is 13.3. The number of carboxylic acids is 1. The average molecular weight is 245 g/mol. The van der Waals surface area contributed by atoms with Crippen molar-refractivity contribution in [1.29, 1.82) is 0 Å². The highest BCUT2D eigenvalue weighted by Gasteiger charge is 2.18. The van der Waals surface area contributed by atoms with E-state index in [9.17, 15) is 15.0 Å². The number of aromatic hydroxyl groups is 1. The van der Waals surface area contributed by atoms with E-state index in [4.69, 9.17) is 0 Å². The Morgan fingerprint density at radius 3 is 2.28 bits per heavy atom. The Kier molecular flexibility index (Phi) is 3.10. The van der Waals surface area contributed by atoms with Crippen LogP contribution in [0.25, 0.3) is 11.1 Å². The van der Waals surface area contributed by atoms with Gasteiger partial charge in [0.25, 0.3) is 0 Å². The summed E-state index contributed by atoms with van der Waals surface area (Å²) in [4.78, 5) is 11.4. The Balaban J connectivity index is 2.58. The number of hydrogen-bond acceptors (Lipinski definition) is 2. The van der Waals surface area contributed by atoms with Crippen LogP contribution < -0.4 is 0 Å². The third-order valence-electron chi connectivity index (χ3n) is 2.85. The number of aromatic carboxylic acids is 1. The number of rotatable bonds is 3. The summed E-state index contributed by atoms with van der Waals surface area (Å²) in [6.07, 6.45) is 1.77. The van der Waals surface area contributed by atoms with Crippen molar-refractivity contribution in [3.8, 4) is 16.9 Å². The highest BCUT2D eigenvalue weighted by molar-refractivity contribution is 5.94. The average Bonchev–Trinajstić information content (AvgIpc) is 2.74. The molecule has 0 atom stereocenters. The summed E-state index contributed by atoms with van der Waals surface area (Å²) < 4.78 is 1.73. The van der Waals surface area contributed by atoms with Crippen LogP contribution in [0.4, 0.5) is 0 Å². The van der Waals surface area contributed by atoms with E-state index in [1.54, 1.807) is 41.1 Å². The van der Waals surface area contributed by atoms with Crippen molar-refractivity contribution < 1.29 is 15.0 Å². The van der Waals surface area contributed by atoms with Crippen molar-refractivity contribution in [2.24, 2.45) is 0 Å². The molecule has 1 heterocycles. The lowest BCUT2D eigenvalue weighted by Crippen LogP contribution is -2.10. The first-order valence-electron chi connectivity index (χ1n) is 5.74. The van der Waals surface area contributed by atoms with Crippen LogP contribution in [0.2, 0.25) is 0 Å². The fourth-order valence-electron chi connectivity index (χ4n) is 1.98. The molecule has 0 saturated carbocycles. The molecule has 4 nitrogen and oxygen atoms in total. The second-order valence-corrected chi connectivity index (χ2v) is 4.43. The molecule has 0 radical (unpaired) electrons. The largest absolute Gasteiger partial charge is 0.508 e. The highest BCUT2D eigenvalue weighted by Crippen LogP contribution is 2.28. The summed E-state index contributed by atoms with van der Waals surface area (Å²) >= 11 is 0. The molecule has 4 heteroatoms. The standard InChI is InChI=1S/C14H15NO3/c1-9(2)15-8-7-12(13(15)14(17)18)10-3-5-11(16)6-4-10/h3-9,16H,1-2H3,(H,17,18).